The first-order valence-electron chi connectivity index (χ1n) is 4.15. The van der Waals surface area contributed by atoms with Crippen LogP contribution >= 0.6 is 0 Å². The molecular formula is C7H15N3O2. The number of nitrogens with two attached hydrogens (primary N) is 1. The Kier molecular flexibility index (Phi) is 7.22. The van der Waals surface area contributed by atoms with Gasteiger partial charge >= 0.3 is 6.03 Å². The number of carbonyl (C=O) groups is 1. The van der Waals surface area contributed by atoms with Gasteiger partial charge in [0.2, 0.25) is 0 Å². The molecule has 0 heterocycles. The average molecular weight is 173 g/mol. The highest BCUT2D eigenvalue weighted by Gasteiger charge is 1.95. The van der Waals surface area contributed by atoms with Crippen molar-refractivity contribution in [3.8, 4) is 0 Å². The molecule has 1 fully saturated rings. The van der Waals surface area contributed by atoms with Crippen LogP contribution in [-0.4, -0.2) is 6.03 Å². The SMILES string of the molecule is C1CCCCC1.NC(=O)NN=O. The number of nitrogens with zero attached hydrogens (tertiary/aromatic N) is 1. The van der Waals surface area contributed by atoms with Crippen LogP contribution in [0.4, 0.5) is 4.79 Å². The molecule has 0 aromatic heterocycles. The summed E-state index contributed by atoms with van der Waals surface area (Å²) in [5.74, 6) is 0. The van der Waals surface area contributed by atoms with Gasteiger partial charge in [-0.2, -0.15) is 5.43 Å². The topological polar surface area (TPSA) is 84.6 Å². The molecule has 12 heavy (non-hydrogen) atoms. The van der Waals surface area contributed by atoms with Crippen LogP contribution in [-0.2, 0) is 0 Å². The normalized spacial score (nSPS) is 15.3. The summed E-state index contributed by atoms with van der Waals surface area (Å²) in [5, 5.41) is 1.96. The van der Waals surface area contributed by atoms with E-state index in [1.807, 2.05) is 5.29 Å². The predicted molar refractivity (Wildman–Crippen MR) is 46.2 cm³/mol. The van der Waals surface area contributed by atoms with E-state index in [2.05, 4.69) is 5.73 Å². The number of urea groups is 1. The highest BCUT2D eigenvalue weighted by Crippen LogP contribution is 2.15. The molecule has 0 unspecified atom stereocenters. The van der Waals surface area contributed by atoms with Gasteiger partial charge in [0, 0.05) is 0 Å². The second-order valence-electron chi connectivity index (χ2n) is 2.69. The second kappa shape index (κ2) is 7.97. The zero-order chi connectivity index (χ0) is 9.23. The van der Waals surface area contributed by atoms with Crippen molar-refractivity contribution in [2.75, 3.05) is 0 Å². The van der Waals surface area contributed by atoms with Crippen molar-refractivity contribution >= 4 is 6.03 Å². The number of nitrogens with one attached hydrogen (secondary N) is 1. The molecule has 1 rings (SSSR count). The minimum absolute atomic E-state index is 0.940. The number of primary amides is 1. The third-order valence-electron chi connectivity index (χ3n) is 1.66. The van der Waals surface area contributed by atoms with Gasteiger partial charge in [0.15, 0.2) is 0 Å². The maximum Gasteiger partial charge on any atom is 0.335 e. The third kappa shape index (κ3) is 8.87. The van der Waals surface area contributed by atoms with Crippen molar-refractivity contribution in [2.24, 2.45) is 11.0 Å². The van der Waals surface area contributed by atoms with E-state index in [4.69, 9.17) is 4.91 Å². The van der Waals surface area contributed by atoms with E-state index < -0.39 is 6.03 Å². The molecule has 1 saturated carbocycles. The van der Waals surface area contributed by atoms with Gasteiger partial charge in [0.1, 0.15) is 0 Å². The number of amides is 2. The van der Waals surface area contributed by atoms with Gasteiger partial charge in [-0.3, -0.25) is 0 Å². The van der Waals surface area contributed by atoms with Gasteiger partial charge in [-0.15, -0.1) is 4.91 Å². The standard InChI is InChI=1S/C6H12.CH3N3O2/c1-2-4-6-5-3-1;2-1(5)3-4-6/h1-6H2;(H3,2,3,5,6). The van der Waals surface area contributed by atoms with Crippen LogP contribution < -0.4 is 11.2 Å². The zero-order valence-electron chi connectivity index (χ0n) is 7.08. The number of carbonyl (C=O) groups excluding carboxylic acids is 1. The van der Waals surface area contributed by atoms with Gasteiger partial charge in [0.05, 0.1) is 5.29 Å². The molecular weight excluding hydrogens is 158 g/mol. The lowest BCUT2D eigenvalue weighted by Crippen LogP contribution is -2.23. The molecule has 0 aromatic rings. The molecule has 0 bridgehead atoms. The van der Waals surface area contributed by atoms with Gasteiger partial charge in [-0.05, 0) is 0 Å². The lowest BCUT2D eigenvalue weighted by molar-refractivity contribution is 0.249. The summed E-state index contributed by atoms with van der Waals surface area (Å²) in [7, 11) is 0. The first kappa shape index (κ1) is 10.9. The Morgan fingerprint density at radius 2 is 1.42 bits per heavy atom. The molecule has 0 saturated heterocycles. The van der Waals surface area contributed by atoms with Crippen molar-refractivity contribution in [2.45, 2.75) is 38.5 Å². The number of hydrogen-bond donors (Lipinski definition) is 2. The molecule has 1 aliphatic carbocycles. The van der Waals surface area contributed by atoms with Crippen molar-refractivity contribution in [1.82, 2.24) is 5.43 Å². The first-order chi connectivity index (χ1) is 5.77. The van der Waals surface area contributed by atoms with Crippen molar-refractivity contribution < 1.29 is 4.79 Å². The van der Waals surface area contributed by atoms with Crippen LogP contribution in [0.15, 0.2) is 5.29 Å². The van der Waals surface area contributed by atoms with Gasteiger partial charge in [-0.1, -0.05) is 38.5 Å². The fourth-order valence-corrected chi connectivity index (χ4v) is 1.11. The van der Waals surface area contributed by atoms with Crippen LogP contribution in [0.5, 0.6) is 0 Å². The molecule has 0 atom stereocenters. The third-order valence-corrected chi connectivity index (χ3v) is 1.66. The molecule has 0 aromatic carbocycles. The Hall–Kier alpha value is -1.13. The zero-order valence-corrected chi connectivity index (χ0v) is 7.08. The maximum atomic E-state index is 9.42. The second-order valence-corrected chi connectivity index (χ2v) is 2.69. The van der Waals surface area contributed by atoms with E-state index in [9.17, 15) is 4.79 Å². The van der Waals surface area contributed by atoms with Crippen molar-refractivity contribution in [1.29, 1.82) is 0 Å². The van der Waals surface area contributed by atoms with Gasteiger partial charge < -0.3 is 5.73 Å². The minimum Gasteiger partial charge on any atom is -0.350 e. The highest BCUT2D eigenvalue weighted by atomic mass is 16.3. The van der Waals surface area contributed by atoms with E-state index in [0.717, 1.165) is 0 Å². The van der Waals surface area contributed by atoms with Crippen LogP contribution in [0.1, 0.15) is 38.5 Å². The first-order valence-corrected chi connectivity index (χ1v) is 4.15. The van der Waals surface area contributed by atoms with Crippen LogP contribution in [0.3, 0.4) is 0 Å². The summed E-state index contributed by atoms with van der Waals surface area (Å²) in [6.07, 6.45) is 9.00. The van der Waals surface area contributed by atoms with Crippen LogP contribution in [0.2, 0.25) is 0 Å². The van der Waals surface area contributed by atoms with E-state index in [0.29, 0.717) is 0 Å². The van der Waals surface area contributed by atoms with E-state index in [-0.39, 0.29) is 0 Å². The highest BCUT2D eigenvalue weighted by molar-refractivity contribution is 5.70. The lowest BCUT2D eigenvalue weighted by Gasteiger charge is -2.05. The summed E-state index contributed by atoms with van der Waals surface area (Å²) < 4.78 is 0. The van der Waals surface area contributed by atoms with Crippen LogP contribution in [0.25, 0.3) is 0 Å². The molecule has 0 spiro atoms. The Bertz CT molecular complexity index is 123. The summed E-state index contributed by atoms with van der Waals surface area (Å²) >= 11 is 0. The van der Waals surface area contributed by atoms with E-state index in [1.165, 1.54) is 44.0 Å². The Labute approximate surface area is 71.6 Å². The minimum atomic E-state index is -0.940. The maximum absolute atomic E-state index is 9.42. The monoisotopic (exact) mass is 173 g/mol. The quantitative estimate of drug-likeness (QED) is 0.467. The number of hydrogen-bond acceptors (Lipinski definition) is 3. The molecule has 5 nitrogen and oxygen atoms in total. The fourth-order valence-electron chi connectivity index (χ4n) is 1.11. The Morgan fingerprint density at radius 3 is 1.50 bits per heavy atom. The van der Waals surface area contributed by atoms with E-state index in [1.54, 1.807) is 0 Å². The molecule has 70 valence electrons. The summed E-state index contributed by atoms with van der Waals surface area (Å²) in [6, 6.07) is -0.940. The molecule has 0 radical (unpaired) electrons. The van der Waals surface area contributed by atoms with Crippen molar-refractivity contribution in [3.63, 3.8) is 0 Å². The number of nitroso groups, excluding NO2 is 1. The Morgan fingerprint density at radius 1 is 1.08 bits per heavy atom. The predicted octanol–water partition coefficient (Wildman–Crippen LogP) is 1.68. The summed E-state index contributed by atoms with van der Waals surface area (Å²) in [5.41, 5.74) is 5.78. The molecule has 2 amide bonds. The molecule has 3 N–H and O–H groups in total. The summed E-state index contributed by atoms with van der Waals surface area (Å²) in [4.78, 5) is 18.4. The molecule has 1 aliphatic rings. The molecule has 0 aliphatic heterocycles. The smallest absolute Gasteiger partial charge is 0.335 e. The molecule has 5 heteroatoms. The van der Waals surface area contributed by atoms with Gasteiger partial charge in [0.25, 0.3) is 0 Å². The largest absolute Gasteiger partial charge is 0.350 e. The van der Waals surface area contributed by atoms with Crippen LogP contribution in [0, 0.1) is 4.91 Å². The lowest BCUT2D eigenvalue weighted by atomic mass is 10.0. The average Bonchev–Trinajstić information content (AvgIpc) is 2.08. The van der Waals surface area contributed by atoms with E-state index >= 15 is 0 Å². The summed E-state index contributed by atoms with van der Waals surface area (Å²) in [6.45, 7) is 0. The van der Waals surface area contributed by atoms with Gasteiger partial charge in [-0.25, -0.2) is 4.79 Å². The Balaban J connectivity index is 0.000000202. The van der Waals surface area contributed by atoms with Crippen molar-refractivity contribution in [3.05, 3.63) is 4.91 Å². The number of rotatable bonds is 1. The fraction of sp³-hybridized carbons (Fsp3) is 0.857.